The maximum absolute atomic E-state index is 14.0. The third kappa shape index (κ3) is 8.30. The van der Waals surface area contributed by atoms with Gasteiger partial charge < -0.3 is 31.4 Å². The Bertz CT molecular complexity index is 1610. The second-order valence-electron chi connectivity index (χ2n) is 12.3. The van der Waals surface area contributed by atoms with E-state index in [0.29, 0.717) is 34.8 Å². The van der Waals surface area contributed by atoms with Gasteiger partial charge >= 0.3 is 6.09 Å². The second kappa shape index (κ2) is 14.7. The normalized spacial score (nSPS) is 17.9. The third-order valence-corrected chi connectivity index (χ3v) is 9.03. The van der Waals surface area contributed by atoms with Crippen molar-refractivity contribution in [1.29, 1.82) is 0 Å². The molecule has 1 heterocycles. The summed E-state index contributed by atoms with van der Waals surface area (Å²) in [4.78, 5) is 55.7. The van der Waals surface area contributed by atoms with Crippen molar-refractivity contribution in [1.82, 2.24) is 20.9 Å². The predicted octanol–water partition coefficient (Wildman–Crippen LogP) is 5.31. The molecule has 4 atom stereocenters. The molecule has 10 nitrogen and oxygen atoms in total. The number of benzene rings is 2. The van der Waals surface area contributed by atoms with Crippen LogP contribution in [0.5, 0.6) is 0 Å². The Hall–Kier alpha value is -3.83. The Balaban J connectivity index is 1.61. The SMILES string of the molecule is CCC(C)C(NC(=O)CCc1ccc(F)cc1)C(=O)NC1(OC(=O)NC(C(N)=O)C(C)C)CCc2[nH]c3c(Cl)cc(Cl)cc3c2C1. The first-order valence-electron chi connectivity index (χ1n) is 15.3. The van der Waals surface area contributed by atoms with Crippen LogP contribution in [0.4, 0.5) is 9.18 Å². The third-order valence-electron chi connectivity index (χ3n) is 8.51. The maximum atomic E-state index is 14.0. The largest absolute Gasteiger partial charge is 0.423 e. The number of halogens is 3. The van der Waals surface area contributed by atoms with Crippen molar-refractivity contribution in [3.05, 3.63) is 69.1 Å². The quantitative estimate of drug-likeness (QED) is 0.165. The maximum Gasteiger partial charge on any atom is 0.409 e. The van der Waals surface area contributed by atoms with Gasteiger partial charge in [0, 0.05) is 35.4 Å². The molecule has 4 unspecified atom stereocenters. The highest BCUT2D eigenvalue weighted by Gasteiger charge is 2.44. The molecule has 0 saturated heterocycles. The molecule has 0 spiro atoms. The molecule has 1 aliphatic carbocycles. The first kappa shape index (κ1) is 35.0. The van der Waals surface area contributed by atoms with Gasteiger partial charge in [0.25, 0.3) is 0 Å². The summed E-state index contributed by atoms with van der Waals surface area (Å²) in [6.45, 7) is 7.20. The van der Waals surface area contributed by atoms with Crippen LogP contribution < -0.4 is 21.7 Å². The van der Waals surface area contributed by atoms with Crippen molar-refractivity contribution in [2.75, 3.05) is 0 Å². The number of carbonyl (C=O) groups excluding carboxylic acids is 4. The Morgan fingerprint density at radius 2 is 1.76 bits per heavy atom. The number of rotatable bonds is 12. The highest BCUT2D eigenvalue weighted by atomic mass is 35.5. The summed E-state index contributed by atoms with van der Waals surface area (Å²) in [5.41, 5.74) is 7.03. The molecule has 0 radical (unpaired) electrons. The zero-order valence-corrected chi connectivity index (χ0v) is 27.8. The van der Waals surface area contributed by atoms with Gasteiger partial charge in [0.1, 0.15) is 17.9 Å². The van der Waals surface area contributed by atoms with Gasteiger partial charge in [0.05, 0.1) is 10.5 Å². The van der Waals surface area contributed by atoms with Gasteiger partial charge in [-0.15, -0.1) is 0 Å². The molecule has 1 aromatic heterocycles. The molecule has 4 rings (SSSR count). The Kier molecular flexibility index (Phi) is 11.2. The number of hydrogen-bond acceptors (Lipinski definition) is 5. The first-order valence-corrected chi connectivity index (χ1v) is 16.1. The smallest absolute Gasteiger partial charge is 0.409 e. The predicted molar refractivity (Wildman–Crippen MR) is 175 cm³/mol. The van der Waals surface area contributed by atoms with Crippen molar-refractivity contribution in [3.63, 3.8) is 0 Å². The molecule has 3 aromatic rings. The van der Waals surface area contributed by atoms with E-state index >= 15 is 0 Å². The van der Waals surface area contributed by atoms with Crippen LogP contribution >= 0.6 is 23.2 Å². The average molecular weight is 677 g/mol. The molecule has 6 N–H and O–H groups in total. The number of nitrogens with two attached hydrogens (primary N) is 1. The number of ether oxygens (including phenoxy) is 1. The number of alkyl carbamates (subject to hydrolysis) is 1. The summed E-state index contributed by atoms with van der Waals surface area (Å²) < 4.78 is 19.3. The highest BCUT2D eigenvalue weighted by Crippen LogP contribution is 2.38. The van der Waals surface area contributed by atoms with Crippen molar-refractivity contribution < 1.29 is 28.3 Å². The van der Waals surface area contributed by atoms with Gasteiger partial charge in [-0.3, -0.25) is 14.4 Å². The minimum Gasteiger partial charge on any atom is -0.423 e. The number of amides is 4. The second-order valence-corrected chi connectivity index (χ2v) is 13.1. The van der Waals surface area contributed by atoms with Crippen molar-refractivity contribution in [2.45, 2.75) is 84.0 Å². The minimum atomic E-state index is -1.55. The fraction of sp³-hybridized carbons (Fsp3) is 0.455. The number of nitrogens with one attached hydrogen (secondary N) is 4. The Morgan fingerprint density at radius 3 is 2.39 bits per heavy atom. The topological polar surface area (TPSA) is 155 Å². The first-order chi connectivity index (χ1) is 21.7. The van der Waals surface area contributed by atoms with E-state index in [1.807, 2.05) is 13.8 Å². The van der Waals surface area contributed by atoms with Crippen LogP contribution in [-0.4, -0.2) is 46.6 Å². The van der Waals surface area contributed by atoms with Crippen molar-refractivity contribution in [3.8, 4) is 0 Å². The van der Waals surface area contributed by atoms with E-state index in [2.05, 4.69) is 20.9 Å². The number of carbonyl (C=O) groups is 4. The van der Waals surface area contributed by atoms with E-state index in [0.717, 1.165) is 22.2 Å². The lowest BCUT2D eigenvalue weighted by Crippen LogP contribution is -2.62. The van der Waals surface area contributed by atoms with E-state index < -0.39 is 35.7 Å². The van der Waals surface area contributed by atoms with Crippen LogP contribution in [0.1, 0.15) is 63.8 Å². The van der Waals surface area contributed by atoms with E-state index in [1.165, 1.54) is 12.1 Å². The molecule has 0 fully saturated rings. The molecule has 0 saturated carbocycles. The minimum absolute atomic E-state index is 0.0623. The zero-order valence-electron chi connectivity index (χ0n) is 26.3. The molecule has 1 aliphatic rings. The number of H-pyrrole nitrogens is 1. The van der Waals surface area contributed by atoms with Gasteiger partial charge in [-0.05, 0) is 60.1 Å². The molecule has 0 aliphatic heterocycles. The number of hydrogen-bond donors (Lipinski definition) is 5. The van der Waals surface area contributed by atoms with Gasteiger partial charge in [-0.2, -0.15) is 0 Å². The van der Waals surface area contributed by atoms with Crippen LogP contribution in [0.15, 0.2) is 36.4 Å². The lowest BCUT2D eigenvalue weighted by molar-refractivity contribution is -0.137. The fourth-order valence-electron chi connectivity index (χ4n) is 5.72. The van der Waals surface area contributed by atoms with E-state index in [1.54, 1.807) is 38.1 Å². The van der Waals surface area contributed by atoms with Crippen LogP contribution in [0.3, 0.4) is 0 Å². The lowest BCUT2D eigenvalue weighted by atomic mass is 9.87. The van der Waals surface area contributed by atoms with Gasteiger partial charge in [-0.25, -0.2) is 9.18 Å². The summed E-state index contributed by atoms with van der Waals surface area (Å²) in [6.07, 6.45) is 0.717. The summed E-state index contributed by atoms with van der Waals surface area (Å²) >= 11 is 12.8. The van der Waals surface area contributed by atoms with Gasteiger partial charge in [0.15, 0.2) is 5.72 Å². The van der Waals surface area contributed by atoms with Crippen LogP contribution in [-0.2, 0) is 38.4 Å². The molecular formula is C33H40Cl2FN5O5. The number of fused-ring (bicyclic) bond motifs is 3. The lowest BCUT2D eigenvalue weighted by Gasteiger charge is -2.39. The van der Waals surface area contributed by atoms with Crippen LogP contribution in [0, 0.1) is 17.7 Å². The fourth-order valence-corrected chi connectivity index (χ4v) is 6.26. The van der Waals surface area contributed by atoms with E-state index in [9.17, 15) is 23.6 Å². The molecule has 46 heavy (non-hydrogen) atoms. The molecule has 2 aromatic carbocycles. The average Bonchev–Trinajstić information content (AvgIpc) is 3.35. The Morgan fingerprint density at radius 1 is 1.07 bits per heavy atom. The molecule has 4 amide bonds. The number of aromatic amines is 1. The summed E-state index contributed by atoms with van der Waals surface area (Å²) in [6, 6.07) is 7.30. The number of aromatic nitrogens is 1. The standard InChI is InChI=1S/C33H40Cl2FN5O5/c1-5-18(4)28(39-26(42)11-8-19-6-9-21(36)10-7-19)31(44)41-33(46-32(45)40-27(17(2)3)30(37)43)13-12-25-23(16-33)22-14-20(34)15-24(35)29(22)38-25/h6-7,9-10,14-15,17-18,27-28,38H,5,8,11-13,16H2,1-4H3,(H2,37,43)(H,39,42)(H,40,45)(H,41,44). The van der Waals surface area contributed by atoms with Gasteiger partial charge in [0.2, 0.25) is 17.7 Å². The zero-order chi connectivity index (χ0) is 33.8. The number of aryl methyl sites for hydroxylation is 2. The monoisotopic (exact) mass is 675 g/mol. The highest BCUT2D eigenvalue weighted by molar-refractivity contribution is 6.38. The summed E-state index contributed by atoms with van der Waals surface area (Å²) in [5.74, 6) is -2.57. The van der Waals surface area contributed by atoms with E-state index in [4.69, 9.17) is 33.7 Å². The molecule has 0 bridgehead atoms. The molecule has 248 valence electrons. The number of primary amides is 1. The van der Waals surface area contributed by atoms with E-state index in [-0.39, 0.29) is 42.8 Å². The molecular weight excluding hydrogens is 636 g/mol. The summed E-state index contributed by atoms with van der Waals surface area (Å²) in [7, 11) is 0. The molecule has 13 heteroatoms. The van der Waals surface area contributed by atoms with Crippen LogP contribution in [0.25, 0.3) is 10.9 Å². The van der Waals surface area contributed by atoms with Crippen LogP contribution in [0.2, 0.25) is 10.0 Å². The van der Waals surface area contributed by atoms with Crippen molar-refractivity contribution in [2.24, 2.45) is 17.6 Å². The van der Waals surface area contributed by atoms with Crippen molar-refractivity contribution >= 4 is 57.9 Å². The summed E-state index contributed by atoms with van der Waals surface area (Å²) in [5, 5.41) is 9.89. The Labute approximate surface area is 277 Å². The van der Waals surface area contributed by atoms with Gasteiger partial charge in [-0.1, -0.05) is 69.5 Å².